The summed E-state index contributed by atoms with van der Waals surface area (Å²) >= 11 is 0. The second-order valence-corrected chi connectivity index (χ2v) is 9.49. The van der Waals surface area contributed by atoms with Crippen LogP contribution in [0.5, 0.6) is 0 Å². The minimum absolute atomic E-state index is 0.0922. The largest absolute Gasteiger partial charge is 0.469 e. The average Bonchev–Trinajstić information content (AvgIpc) is 3.33. The van der Waals surface area contributed by atoms with Crippen molar-refractivity contribution in [2.24, 2.45) is 16.3 Å². The zero-order chi connectivity index (χ0) is 22.6. The van der Waals surface area contributed by atoms with Crippen LogP contribution in [-0.4, -0.2) is 68.6 Å². The molecule has 2 aliphatic heterocycles. The molecule has 0 bridgehead atoms. The van der Waals surface area contributed by atoms with Gasteiger partial charge >= 0.3 is 11.9 Å². The highest BCUT2D eigenvalue weighted by Gasteiger charge is 2.50. The normalized spacial score (nSPS) is 23.6. The lowest BCUT2D eigenvalue weighted by Crippen LogP contribution is -2.51. The number of benzene rings is 1. The third kappa shape index (κ3) is 5.45. The topological polar surface area (TPSA) is 71.4 Å². The van der Waals surface area contributed by atoms with E-state index < -0.39 is 17.9 Å². The van der Waals surface area contributed by atoms with E-state index in [4.69, 9.17) is 9.47 Å². The van der Waals surface area contributed by atoms with E-state index in [2.05, 4.69) is 26.9 Å². The number of anilines is 1. The van der Waals surface area contributed by atoms with Gasteiger partial charge in [0.25, 0.3) is 0 Å². The fourth-order valence-corrected chi connectivity index (χ4v) is 4.70. The van der Waals surface area contributed by atoms with Crippen molar-refractivity contribution in [3.05, 3.63) is 30.3 Å². The van der Waals surface area contributed by atoms with Crippen LogP contribution < -0.4 is 4.90 Å². The second kappa shape index (κ2) is 9.81. The second-order valence-electron chi connectivity index (χ2n) is 9.49. The summed E-state index contributed by atoms with van der Waals surface area (Å²) in [6.45, 7) is 7.89. The molecule has 31 heavy (non-hydrogen) atoms. The summed E-state index contributed by atoms with van der Waals surface area (Å²) < 4.78 is 10.2. The molecule has 0 saturated carbocycles. The number of fused-ring (bicyclic) bond motifs is 1. The molecule has 2 saturated heterocycles. The van der Waals surface area contributed by atoms with Crippen molar-refractivity contribution in [1.29, 1.82) is 0 Å². The number of methoxy groups -OCH3 is 2. The van der Waals surface area contributed by atoms with Crippen LogP contribution in [0.3, 0.4) is 0 Å². The lowest BCUT2D eigenvalue weighted by atomic mass is 9.90. The van der Waals surface area contributed by atoms with Gasteiger partial charge in [-0.05, 0) is 30.4 Å². The molecular formula is C24H35N3O4. The number of para-hydroxylation sites is 1. The molecule has 1 aromatic rings. The highest BCUT2D eigenvalue weighted by atomic mass is 16.5. The van der Waals surface area contributed by atoms with Gasteiger partial charge in [-0.1, -0.05) is 39.0 Å². The van der Waals surface area contributed by atoms with Gasteiger partial charge in [0.2, 0.25) is 0 Å². The highest BCUT2D eigenvalue weighted by Crippen LogP contribution is 2.39. The molecule has 0 unspecified atom stereocenters. The van der Waals surface area contributed by atoms with Gasteiger partial charge in [-0.3, -0.25) is 14.7 Å². The molecule has 2 aliphatic rings. The lowest BCUT2D eigenvalue weighted by molar-refractivity contribution is -0.146. The Morgan fingerprint density at radius 3 is 2.52 bits per heavy atom. The minimum atomic E-state index is -0.793. The van der Waals surface area contributed by atoms with E-state index in [0.29, 0.717) is 6.04 Å². The Balaban J connectivity index is 2.05. The number of carbonyl (C=O) groups is 2. The molecular weight excluding hydrogens is 394 g/mol. The van der Waals surface area contributed by atoms with Crippen molar-refractivity contribution >= 4 is 23.8 Å². The first-order chi connectivity index (χ1) is 14.7. The fraction of sp³-hybridized carbons (Fsp3) is 0.625. The van der Waals surface area contributed by atoms with Crippen molar-refractivity contribution in [3.63, 3.8) is 0 Å². The maximum absolute atomic E-state index is 12.9. The summed E-state index contributed by atoms with van der Waals surface area (Å²) in [5, 5.41) is 0. The van der Waals surface area contributed by atoms with E-state index in [1.807, 2.05) is 39.0 Å². The molecule has 2 fully saturated rings. The van der Waals surface area contributed by atoms with Crippen molar-refractivity contribution in [1.82, 2.24) is 4.90 Å². The number of esters is 2. The molecule has 2 heterocycles. The molecule has 0 aromatic heterocycles. The van der Waals surface area contributed by atoms with Crippen molar-refractivity contribution in [3.8, 4) is 0 Å². The van der Waals surface area contributed by atoms with Gasteiger partial charge in [0, 0.05) is 37.0 Å². The zero-order valence-electron chi connectivity index (χ0n) is 19.3. The molecule has 170 valence electrons. The maximum atomic E-state index is 12.9. The third-order valence-corrected chi connectivity index (χ3v) is 6.06. The predicted octanol–water partition coefficient (Wildman–Crippen LogP) is 3.13. The zero-order valence-corrected chi connectivity index (χ0v) is 19.3. The number of hydrogen-bond donors (Lipinski definition) is 0. The Morgan fingerprint density at radius 1 is 1.19 bits per heavy atom. The molecule has 0 spiro atoms. The van der Waals surface area contributed by atoms with E-state index in [1.165, 1.54) is 14.2 Å². The van der Waals surface area contributed by atoms with E-state index in [0.717, 1.165) is 31.6 Å². The Morgan fingerprint density at radius 2 is 1.90 bits per heavy atom. The van der Waals surface area contributed by atoms with Crippen molar-refractivity contribution in [2.45, 2.75) is 58.3 Å². The van der Waals surface area contributed by atoms with Crippen LogP contribution in [0.15, 0.2) is 35.3 Å². The van der Waals surface area contributed by atoms with Crippen LogP contribution in [0.4, 0.5) is 5.69 Å². The molecule has 4 atom stereocenters. The molecule has 0 radical (unpaired) electrons. The summed E-state index contributed by atoms with van der Waals surface area (Å²) in [7, 11) is 2.76. The van der Waals surface area contributed by atoms with Gasteiger partial charge in [0.1, 0.15) is 0 Å². The van der Waals surface area contributed by atoms with Crippen LogP contribution in [0.25, 0.3) is 0 Å². The summed E-state index contributed by atoms with van der Waals surface area (Å²) in [6.07, 6.45) is 3.97. The van der Waals surface area contributed by atoms with Gasteiger partial charge in [-0.2, -0.15) is 0 Å². The maximum Gasteiger partial charge on any atom is 0.331 e. The van der Waals surface area contributed by atoms with Gasteiger partial charge in [0.05, 0.1) is 26.8 Å². The van der Waals surface area contributed by atoms with E-state index in [9.17, 15) is 9.59 Å². The molecule has 7 nitrogen and oxygen atoms in total. The van der Waals surface area contributed by atoms with Crippen molar-refractivity contribution < 1.29 is 19.1 Å². The number of carbonyl (C=O) groups excluding carboxylic acids is 2. The Kier molecular flexibility index (Phi) is 7.36. The number of nitrogens with zero attached hydrogens (tertiary/aromatic N) is 3. The molecule has 0 N–H and O–H groups in total. The average molecular weight is 430 g/mol. The van der Waals surface area contributed by atoms with Crippen LogP contribution >= 0.6 is 0 Å². The SMILES string of the molecule is COC(=O)C[C@H]([C@@H](N=CC(C)(C)C)C(=O)OC)[C@H]1N(c2ccccc2)C[C@@H]2CCCN21. The number of hydrogen-bond acceptors (Lipinski definition) is 7. The Labute approximate surface area is 185 Å². The van der Waals surface area contributed by atoms with Gasteiger partial charge in [-0.15, -0.1) is 0 Å². The molecule has 0 aliphatic carbocycles. The summed E-state index contributed by atoms with van der Waals surface area (Å²) in [5.41, 5.74) is 0.882. The van der Waals surface area contributed by atoms with E-state index >= 15 is 0 Å². The van der Waals surface area contributed by atoms with Crippen molar-refractivity contribution in [2.75, 3.05) is 32.2 Å². The molecule has 0 amide bonds. The lowest BCUT2D eigenvalue weighted by Gasteiger charge is -2.38. The fourth-order valence-electron chi connectivity index (χ4n) is 4.70. The first-order valence-electron chi connectivity index (χ1n) is 11.0. The van der Waals surface area contributed by atoms with Gasteiger partial charge in [-0.25, -0.2) is 4.79 Å². The number of rotatable bonds is 7. The standard InChI is InChI=1S/C24H35N3O4/c1-24(2,3)16-25-21(23(29)31-5)19(14-20(28)30-4)22-26-13-9-12-18(26)15-27(22)17-10-7-6-8-11-17/h6-8,10-11,16,18-19,21-22H,9,12-15H2,1-5H3/t18-,19+,21+,22+/m0/s1. The van der Waals surface area contributed by atoms with Crippen LogP contribution in [0, 0.1) is 11.3 Å². The van der Waals surface area contributed by atoms with Gasteiger partial charge in [0.15, 0.2) is 6.04 Å². The quantitative estimate of drug-likeness (QED) is 0.490. The minimum Gasteiger partial charge on any atom is -0.469 e. The van der Waals surface area contributed by atoms with Gasteiger partial charge < -0.3 is 14.4 Å². The first kappa shape index (κ1) is 23.3. The Hall–Kier alpha value is -2.41. The number of ether oxygens (including phenoxy) is 2. The summed E-state index contributed by atoms with van der Waals surface area (Å²) in [6, 6.07) is 9.79. The predicted molar refractivity (Wildman–Crippen MR) is 121 cm³/mol. The van der Waals surface area contributed by atoms with Crippen LogP contribution in [-0.2, 0) is 19.1 Å². The third-order valence-electron chi connectivity index (χ3n) is 6.06. The highest BCUT2D eigenvalue weighted by molar-refractivity contribution is 5.81. The molecule has 3 rings (SSSR count). The van der Waals surface area contributed by atoms with Crippen LogP contribution in [0.1, 0.15) is 40.0 Å². The number of aliphatic imine (C=N–C) groups is 1. The molecule has 7 heteroatoms. The summed E-state index contributed by atoms with van der Waals surface area (Å²) in [4.78, 5) is 34.8. The first-order valence-corrected chi connectivity index (χ1v) is 11.0. The summed E-state index contributed by atoms with van der Waals surface area (Å²) in [5.74, 6) is -1.17. The monoisotopic (exact) mass is 429 g/mol. The van der Waals surface area contributed by atoms with Crippen LogP contribution in [0.2, 0.25) is 0 Å². The Bertz CT molecular complexity index is 790. The van der Waals surface area contributed by atoms with E-state index in [1.54, 1.807) is 6.21 Å². The van der Waals surface area contributed by atoms with E-state index in [-0.39, 0.29) is 24.0 Å². The molecule has 1 aromatic carbocycles. The smallest absolute Gasteiger partial charge is 0.331 e.